The number of nitrogens with zero attached hydrogens (tertiary/aromatic N) is 2. The molecule has 1 aliphatic carbocycles. The average molecular weight is 611 g/mol. The number of non-ortho nitro benzene ring substituents is 2. The van der Waals surface area contributed by atoms with Crippen LogP contribution in [0.15, 0.2) is 94.7 Å². The molecule has 0 N–H and O–H groups in total. The van der Waals surface area contributed by atoms with Crippen LogP contribution < -0.4 is 8.37 Å². The molecular weight excluding hydrogens is 596 g/mol. The van der Waals surface area contributed by atoms with Gasteiger partial charge in [-0.3, -0.25) is 29.8 Å². The van der Waals surface area contributed by atoms with Crippen LogP contribution in [0.3, 0.4) is 0 Å². The number of carbonyl (C=O) groups excluding carboxylic acids is 2. The highest BCUT2D eigenvalue weighted by Crippen LogP contribution is 2.39. The summed E-state index contributed by atoms with van der Waals surface area (Å²) in [6.45, 7) is 0. The summed E-state index contributed by atoms with van der Waals surface area (Å²) in [5, 5.41) is 21.8. The van der Waals surface area contributed by atoms with Gasteiger partial charge in [-0.05, 0) is 53.9 Å². The number of benzene rings is 4. The number of nitro groups is 2. The second kappa shape index (κ2) is 10.2. The van der Waals surface area contributed by atoms with Gasteiger partial charge in [0.2, 0.25) is 0 Å². The highest BCUT2D eigenvalue weighted by atomic mass is 32.2. The SMILES string of the molecule is O=C1C=CC(=O)c2c1ccc1cc(OS(=O)(=O)c3ccc([N+](=O)[O-])cc3)cc(OS(=O)(=O)c3ccc([N+](=O)[O-])cc3)c21. The van der Waals surface area contributed by atoms with Gasteiger partial charge in [0.1, 0.15) is 15.5 Å². The summed E-state index contributed by atoms with van der Waals surface area (Å²) < 4.78 is 62.7. The van der Waals surface area contributed by atoms with Crippen molar-refractivity contribution in [2.75, 3.05) is 0 Å². The maximum Gasteiger partial charge on any atom is 0.339 e. The van der Waals surface area contributed by atoms with Gasteiger partial charge in [0.15, 0.2) is 17.3 Å². The number of nitro benzene ring substituents is 2. The lowest BCUT2D eigenvalue weighted by molar-refractivity contribution is -0.385. The van der Waals surface area contributed by atoms with E-state index in [1.165, 1.54) is 18.2 Å². The summed E-state index contributed by atoms with van der Waals surface area (Å²) >= 11 is 0. The van der Waals surface area contributed by atoms with Crippen molar-refractivity contribution in [1.82, 2.24) is 0 Å². The predicted molar refractivity (Wildman–Crippen MR) is 144 cm³/mol. The van der Waals surface area contributed by atoms with E-state index in [4.69, 9.17) is 8.37 Å². The van der Waals surface area contributed by atoms with E-state index < -0.39 is 68.6 Å². The summed E-state index contributed by atoms with van der Waals surface area (Å²) in [7, 11) is -9.35. The van der Waals surface area contributed by atoms with Crippen molar-refractivity contribution in [1.29, 1.82) is 0 Å². The molecule has 0 aromatic heterocycles. The van der Waals surface area contributed by atoms with E-state index >= 15 is 0 Å². The van der Waals surface area contributed by atoms with Crippen LogP contribution in [0.4, 0.5) is 11.4 Å². The fourth-order valence-corrected chi connectivity index (χ4v) is 5.96. The summed E-state index contributed by atoms with van der Waals surface area (Å²) in [5.41, 5.74) is -1.01. The first-order valence-corrected chi connectivity index (χ1v) is 14.3. The number of ketones is 2. The van der Waals surface area contributed by atoms with Crippen molar-refractivity contribution in [3.8, 4) is 11.5 Å². The van der Waals surface area contributed by atoms with Crippen LogP contribution in [0, 0.1) is 20.2 Å². The van der Waals surface area contributed by atoms with E-state index in [-0.39, 0.29) is 27.6 Å². The van der Waals surface area contributed by atoms with Crippen molar-refractivity contribution >= 4 is 53.9 Å². The van der Waals surface area contributed by atoms with Gasteiger partial charge in [-0.1, -0.05) is 6.07 Å². The lowest BCUT2D eigenvalue weighted by Gasteiger charge is -2.17. The molecule has 16 heteroatoms. The summed E-state index contributed by atoms with van der Waals surface area (Å²) in [6, 6.07) is 12.2. The maximum absolute atomic E-state index is 13.2. The van der Waals surface area contributed by atoms with Gasteiger partial charge in [-0.15, -0.1) is 0 Å². The molecule has 0 aliphatic heterocycles. The van der Waals surface area contributed by atoms with Crippen LogP contribution >= 0.6 is 0 Å². The Hall–Kier alpha value is -5.48. The lowest BCUT2D eigenvalue weighted by atomic mass is 9.89. The predicted octanol–water partition coefficient (Wildman–Crippen LogP) is 4.13. The number of rotatable bonds is 8. The van der Waals surface area contributed by atoms with Crippen LogP contribution in [0.2, 0.25) is 0 Å². The van der Waals surface area contributed by atoms with Crippen molar-refractivity contribution in [2.24, 2.45) is 0 Å². The topological polar surface area (TPSA) is 207 Å². The van der Waals surface area contributed by atoms with Crippen LogP contribution in [-0.4, -0.2) is 38.2 Å². The number of hydrogen-bond acceptors (Lipinski definition) is 12. The standard InChI is InChI=1S/C26H14N2O12S2/c29-22-11-12-23(30)26-21(22)10-1-15-13-18(39-41(35,36)19-6-2-16(3-7-19)27(31)32)14-24(25(15)26)40-42(37,38)20-8-4-17(5-9-20)28(33)34/h1-14H. The lowest BCUT2D eigenvalue weighted by Crippen LogP contribution is -2.15. The minimum Gasteiger partial charge on any atom is -0.379 e. The number of fused-ring (bicyclic) bond motifs is 3. The summed E-state index contributed by atoms with van der Waals surface area (Å²) in [6.07, 6.45) is 2.03. The second-order valence-electron chi connectivity index (χ2n) is 8.65. The molecule has 42 heavy (non-hydrogen) atoms. The fraction of sp³-hybridized carbons (Fsp3) is 0. The molecule has 1 aliphatic rings. The molecule has 0 bridgehead atoms. The normalized spacial score (nSPS) is 13.0. The van der Waals surface area contributed by atoms with E-state index in [1.807, 2.05) is 0 Å². The summed E-state index contributed by atoms with van der Waals surface area (Å²) in [4.78, 5) is 44.7. The van der Waals surface area contributed by atoms with Crippen molar-refractivity contribution in [3.63, 3.8) is 0 Å². The largest absolute Gasteiger partial charge is 0.379 e. The Kier molecular flexibility index (Phi) is 6.79. The number of allylic oxidation sites excluding steroid dienone is 2. The summed E-state index contributed by atoms with van der Waals surface area (Å²) in [5.74, 6) is -2.23. The first kappa shape index (κ1) is 28.1. The van der Waals surface area contributed by atoms with E-state index in [9.17, 15) is 46.7 Å². The molecule has 4 aromatic rings. The van der Waals surface area contributed by atoms with Crippen molar-refractivity contribution < 1.29 is 44.6 Å². The van der Waals surface area contributed by atoms with Gasteiger partial charge < -0.3 is 8.37 Å². The minimum atomic E-state index is -4.74. The van der Waals surface area contributed by atoms with E-state index in [1.54, 1.807) is 0 Å². The first-order chi connectivity index (χ1) is 19.8. The van der Waals surface area contributed by atoms with E-state index in [0.717, 1.165) is 66.7 Å². The van der Waals surface area contributed by atoms with Crippen molar-refractivity contribution in [3.05, 3.63) is 116 Å². The third-order valence-electron chi connectivity index (χ3n) is 6.03. The Balaban J connectivity index is 1.65. The van der Waals surface area contributed by atoms with Crippen LogP contribution in [0.1, 0.15) is 20.7 Å². The zero-order chi connectivity index (χ0) is 30.4. The molecule has 0 atom stereocenters. The molecule has 4 aromatic carbocycles. The van der Waals surface area contributed by atoms with Gasteiger partial charge in [-0.25, -0.2) is 0 Å². The Morgan fingerprint density at radius 3 is 1.64 bits per heavy atom. The smallest absolute Gasteiger partial charge is 0.339 e. The molecule has 0 heterocycles. The Labute approximate surface area is 236 Å². The zero-order valence-corrected chi connectivity index (χ0v) is 22.3. The Bertz CT molecular complexity index is 2090. The highest BCUT2D eigenvalue weighted by Gasteiger charge is 2.28. The fourth-order valence-electron chi connectivity index (χ4n) is 4.11. The molecular formula is C26H14N2O12S2. The first-order valence-electron chi connectivity index (χ1n) is 11.5. The van der Waals surface area contributed by atoms with Crippen LogP contribution in [-0.2, 0) is 20.2 Å². The number of carbonyl (C=O) groups is 2. The second-order valence-corrected chi connectivity index (χ2v) is 11.7. The third-order valence-corrected chi connectivity index (χ3v) is 8.54. The molecule has 212 valence electrons. The van der Waals surface area contributed by atoms with Gasteiger partial charge in [0.25, 0.3) is 11.4 Å². The van der Waals surface area contributed by atoms with Crippen LogP contribution in [0.5, 0.6) is 11.5 Å². The number of hydrogen-bond donors (Lipinski definition) is 0. The average Bonchev–Trinajstić information content (AvgIpc) is 2.94. The third kappa shape index (κ3) is 5.18. The molecule has 0 unspecified atom stereocenters. The Morgan fingerprint density at radius 2 is 1.12 bits per heavy atom. The zero-order valence-electron chi connectivity index (χ0n) is 20.7. The molecule has 0 radical (unpaired) electrons. The highest BCUT2D eigenvalue weighted by molar-refractivity contribution is 7.87. The van der Waals surface area contributed by atoms with E-state index in [2.05, 4.69) is 0 Å². The van der Waals surface area contributed by atoms with Gasteiger partial charge in [-0.2, -0.15) is 16.8 Å². The minimum absolute atomic E-state index is 0.0558. The monoisotopic (exact) mass is 610 g/mol. The molecule has 0 spiro atoms. The molecule has 14 nitrogen and oxygen atoms in total. The molecule has 5 rings (SSSR count). The van der Waals surface area contributed by atoms with E-state index in [0.29, 0.717) is 0 Å². The van der Waals surface area contributed by atoms with Gasteiger partial charge >= 0.3 is 20.2 Å². The maximum atomic E-state index is 13.2. The molecule has 0 saturated carbocycles. The Morgan fingerprint density at radius 1 is 0.619 bits per heavy atom. The quantitative estimate of drug-likeness (QED) is 0.157. The molecule has 0 saturated heterocycles. The van der Waals surface area contributed by atoms with Crippen LogP contribution in [0.25, 0.3) is 10.8 Å². The molecule has 0 amide bonds. The van der Waals surface area contributed by atoms with Crippen molar-refractivity contribution in [2.45, 2.75) is 9.79 Å². The van der Waals surface area contributed by atoms with Gasteiger partial charge in [0.05, 0.1) is 9.85 Å². The van der Waals surface area contributed by atoms with Gasteiger partial charge in [0, 0.05) is 46.8 Å². The molecule has 0 fully saturated rings.